The fourth-order valence-electron chi connectivity index (χ4n) is 1.64. The van der Waals surface area contributed by atoms with Crippen molar-refractivity contribution in [1.82, 2.24) is 9.97 Å². The fourth-order valence-corrected chi connectivity index (χ4v) is 1.74. The standard InChI is InChI=1S/C13H14ClN3O/c14-12-8-15-13(16-9-12)17(6-7-18)10-11-4-2-1-3-5-11/h1-5,8-9,18H,6-7,10H2. The van der Waals surface area contributed by atoms with Gasteiger partial charge in [-0.05, 0) is 5.56 Å². The van der Waals surface area contributed by atoms with E-state index < -0.39 is 0 Å². The Bertz CT molecular complexity index is 475. The summed E-state index contributed by atoms with van der Waals surface area (Å²) in [4.78, 5) is 10.2. The Morgan fingerprint density at radius 3 is 2.39 bits per heavy atom. The summed E-state index contributed by atoms with van der Waals surface area (Å²) < 4.78 is 0. The predicted octanol–water partition coefficient (Wildman–Crippen LogP) is 2.13. The largest absolute Gasteiger partial charge is 0.395 e. The molecule has 0 saturated heterocycles. The van der Waals surface area contributed by atoms with E-state index in [1.807, 2.05) is 35.2 Å². The molecular formula is C13H14ClN3O. The molecule has 0 aliphatic rings. The van der Waals surface area contributed by atoms with Gasteiger partial charge in [0.05, 0.1) is 24.0 Å². The van der Waals surface area contributed by atoms with Gasteiger partial charge >= 0.3 is 0 Å². The smallest absolute Gasteiger partial charge is 0.225 e. The summed E-state index contributed by atoms with van der Waals surface area (Å²) in [6.45, 7) is 1.19. The lowest BCUT2D eigenvalue weighted by molar-refractivity contribution is 0.301. The van der Waals surface area contributed by atoms with Crippen LogP contribution in [-0.4, -0.2) is 28.2 Å². The van der Waals surface area contributed by atoms with Gasteiger partial charge in [-0.1, -0.05) is 41.9 Å². The van der Waals surface area contributed by atoms with E-state index in [1.165, 1.54) is 0 Å². The predicted molar refractivity (Wildman–Crippen MR) is 71.6 cm³/mol. The maximum absolute atomic E-state index is 9.11. The van der Waals surface area contributed by atoms with Gasteiger partial charge in [-0.15, -0.1) is 0 Å². The molecular weight excluding hydrogens is 250 g/mol. The summed E-state index contributed by atoms with van der Waals surface area (Å²) in [5.74, 6) is 0.567. The quantitative estimate of drug-likeness (QED) is 0.898. The Balaban J connectivity index is 2.15. The van der Waals surface area contributed by atoms with Crippen LogP contribution in [0, 0.1) is 0 Å². The molecule has 0 saturated carbocycles. The highest BCUT2D eigenvalue weighted by molar-refractivity contribution is 6.30. The van der Waals surface area contributed by atoms with Gasteiger partial charge in [0.25, 0.3) is 0 Å². The van der Waals surface area contributed by atoms with Gasteiger partial charge in [-0.3, -0.25) is 0 Å². The van der Waals surface area contributed by atoms with Crippen LogP contribution in [0.25, 0.3) is 0 Å². The van der Waals surface area contributed by atoms with Crippen LogP contribution in [0.2, 0.25) is 5.02 Å². The maximum atomic E-state index is 9.11. The second-order valence-electron chi connectivity index (χ2n) is 3.83. The lowest BCUT2D eigenvalue weighted by Gasteiger charge is -2.21. The molecule has 4 nitrogen and oxygen atoms in total. The number of hydrogen-bond acceptors (Lipinski definition) is 4. The summed E-state index contributed by atoms with van der Waals surface area (Å²) >= 11 is 5.76. The van der Waals surface area contributed by atoms with Crippen molar-refractivity contribution in [3.63, 3.8) is 0 Å². The number of rotatable bonds is 5. The zero-order valence-corrected chi connectivity index (χ0v) is 10.6. The Morgan fingerprint density at radius 2 is 1.78 bits per heavy atom. The zero-order chi connectivity index (χ0) is 12.8. The average Bonchev–Trinajstić information content (AvgIpc) is 2.40. The second kappa shape index (κ2) is 6.33. The van der Waals surface area contributed by atoms with E-state index in [2.05, 4.69) is 9.97 Å². The third-order valence-electron chi connectivity index (χ3n) is 2.48. The van der Waals surface area contributed by atoms with Crippen molar-refractivity contribution in [2.24, 2.45) is 0 Å². The van der Waals surface area contributed by atoms with Gasteiger partial charge in [0.1, 0.15) is 0 Å². The number of anilines is 1. The van der Waals surface area contributed by atoms with E-state index in [4.69, 9.17) is 16.7 Å². The molecule has 1 N–H and O–H groups in total. The van der Waals surface area contributed by atoms with Crippen molar-refractivity contribution in [2.75, 3.05) is 18.1 Å². The average molecular weight is 264 g/mol. The van der Waals surface area contributed by atoms with E-state index in [0.717, 1.165) is 5.56 Å². The van der Waals surface area contributed by atoms with Crippen molar-refractivity contribution in [3.05, 3.63) is 53.3 Å². The van der Waals surface area contributed by atoms with E-state index in [-0.39, 0.29) is 6.61 Å². The third-order valence-corrected chi connectivity index (χ3v) is 2.67. The molecule has 0 aliphatic heterocycles. The molecule has 1 aromatic carbocycles. The summed E-state index contributed by atoms with van der Waals surface area (Å²) in [7, 11) is 0. The van der Waals surface area contributed by atoms with Crippen LogP contribution in [0.3, 0.4) is 0 Å². The van der Waals surface area contributed by atoms with Crippen molar-refractivity contribution < 1.29 is 5.11 Å². The monoisotopic (exact) mass is 263 g/mol. The van der Waals surface area contributed by atoms with E-state index in [0.29, 0.717) is 24.1 Å². The minimum absolute atomic E-state index is 0.0544. The first-order valence-corrected chi connectivity index (χ1v) is 6.04. The van der Waals surface area contributed by atoms with Gasteiger partial charge in [0.2, 0.25) is 5.95 Å². The highest BCUT2D eigenvalue weighted by atomic mass is 35.5. The molecule has 5 heteroatoms. The molecule has 1 heterocycles. The number of aliphatic hydroxyl groups excluding tert-OH is 1. The number of aromatic nitrogens is 2. The Morgan fingerprint density at radius 1 is 1.11 bits per heavy atom. The Labute approximate surface area is 111 Å². The van der Waals surface area contributed by atoms with Crippen LogP contribution in [0.1, 0.15) is 5.56 Å². The zero-order valence-electron chi connectivity index (χ0n) is 9.83. The summed E-state index contributed by atoms with van der Waals surface area (Å²) in [5.41, 5.74) is 1.14. The highest BCUT2D eigenvalue weighted by Gasteiger charge is 2.09. The second-order valence-corrected chi connectivity index (χ2v) is 4.27. The summed E-state index contributed by atoms with van der Waals surface area (Å²) in [6.07, 6.45) is 3.11. The van der Waals surface area contributed by atoms with Crippen molar-refractivity contribution in [1.29, 1.82) is 0 Å². The first-order chi connectivity index (χ1) is 8.79. The molecule has 0 bridgehead atoms. The molecule has 0 atom stereocenters. The molecule has 2 rings (SSSR count). The van der Waals surface area contributed by atoms with Crippen LogP contribution in [0.5, 0.6) is 0 Å². The summed E-state index contributed by atoms with van der Waals surface area (Å²) in [6, 6.07) is 9.99. The van der Waals surface area contributed by atoms with Gasteiger partial charge in [0, 0.05) is 13.1 Å². The molecule has 2 aromatic rings. The minimum atomic E-state index is 0.0544. The number of halogens is 1. The normalized spacial score (nSPS) is 10.3. The molecule has 0 spiro atoms. The van der Waals surface area contributed by atoms with Crippen molar-refractivity contribution in [2.45, 2.75) is 6.54 Å². The van der Waals surface area contributed by atoms with Crippen LogP contribution < -0.4 is 4.90 Å². The first-order valence-electron chi connectivity index (χ1n) is 5.67. The molecule has 0 radical (unpaired) electrons. The van der Waals surface area contributed by atoms with E-state index in [9.17, 15) is 0 Å². The van der Waals surface area contributed by atoms with Crippen LogP contribution >= 0.6 is 11.6 Å². The summed E-state index contributed by atoms with van der Waals surface area (Å²) in [5, 5.41) is 9.61. The topological polar surface area (TPSA) is 49.2 Å². The first kappa shape index (κ1) is 12.8. The van der Waals surface area contributed by atoms with Gasteiger partial charge in [-0.2, -0.15) is 0 Å². The number of aliphatic hydroxyl groups is 1. The van der Waals surface area contributed by atoms with Crippen LogP contribution in [0.4, 0.5) is 5.95 Å². The number of hydrogen-bond donors (Lipinski definition) is 1. The van der Waals surface area contributed by atoms with Gasteiger partial charge < -0.3 is 10.0 Å². The molecule has 0 unspecified atom stereocenters. The van der Waals surface area contributed by atoms with Gasteiger partial charge in [0.15, 0.2) is 0 Å². The van der Waals surface area contributed by atoms with E-state index >= 15 is 0 Å². The SMILES string of the molecule is OCCN(Cc1ccccc1)c1ncc(Cl)cn1. The highest BCUT2D eigenvalue weighted by Crippen LogP contribution is 2.13. The van der Waals surface area contributed by atoms with Crippen LogP contribution in [0.15, 0.2) is 42.7 Å². The molecule has 0 amide bonds. The third kappa shape index (κ3) is 3.42. The lowest BCUT2D eigenvalue weighted by atomic mass is 10.2. The molecule has 18 heavy (non-hydrogen) atoms. The molecule has 1 aromatic heterocycles. The van der Waals surface area contributed by atoms with Crippen molar-refractivity contribution >= 4 is 17.5 Å². The number of benzene rings is 1. The Hall–Kier alpha value is -1.65. The fraction of sp³-hybridized carbons (Fsp3) is 0.231. The minimum Gasteiger partial charge on any atom is -0.395 e. The van der Waals surface area contributed by atoms with E-state index in [1.54, 1.807) is 12.4 Å². The number of nitrogens with zero attached hydrogens (tertiary/aromatic N) is 3. The Kier molecular flexibility index (Phi) is 4.50. The van der Waals surface area contributed by atoms with Crippen LogP contribution in [-0.2, 0) is 6.54 Å². The molecule has 0 aliphatic carbocycles. The lowest BCUT2D eigenvalue weighted by Crippen LogP contribution is -2.27. The molecule has 0 fully saturated rings. The van der Waals surface area contributed by atoms with Crippen molar-refractivity contribution in [3.8, 4) is 0 Å². The van der Waals surface area contributed by atoms with Gasteiger partial charge in [-0.25, -0.2) is 9.97 Å². The maximum Gasteiger partial charge on any atom is 0.225 e. The molecule has 94 valence electrons.